The summed E-state index contributed by atoms with van der Waals surface area (Å²) in [5.74, 6) is -0.282. The maximum Gasteiger partial charge on any atom is 0.268 e. The summed E-state index contributed by atoms with van der Waals surface area (Å²) >= 11 is 6.16. The minimum atomic E-state index is -4.14. The molecule has 0 heterocycles. The fraction of sp³-hybridized carbons (Fsp3) is 0.240. The molecule has 0 unspecified atom stereocenters. The van der Waals surface area contributed by atoms with Crippen LogP contribution in [0, 0.1) is 27.7 Å². The number of carbonyl (C=O) groups excluding carboxylic acids is 1. The van der Waals surface area contributed by atoms with Crippen LogP contribution >= 0.6 is 11.6 Å². The summed E-state index contributed by atoms with van der Waals surface area (Å²) < 4.78 is 34.1. The predicted molar refractivity (Wildman–Crippen MR) is 133 cm³/mol. The van der Waals surface area contributed by atoms with Gasteiger partial charge in [-0.25, -0.2) is 8.42 Å². The lowest BCUT2D eigenvalue weighted by Gasteiger charge is -2.26. The van der Waals surface area contributed by atoms with Crippen molar-refractivity contribution < 1.29 is 17.9 Å². The van der Waals surface area contributed by atoms with E-state index in [0.717, 1.165) is 21.0 Å². The lowest BCUT2D eigenvalue weighted by molar-refractivity contribution is -0.114. The van der Waals surface area contributed by atoms with Crippen LogP contribution in [0.25, 0.3) is 0 Å². The minimum Gasteiger partial charge on any atom is -0.495 e. The zero-order valence-electron chi connectivity index (χ0n) is 19.3. The number of ether oxygens (including phenoxy) is 1. The van der Waals surface area contributed by atoms with Crippen LogP contribution in [0.2, 0.25) is 5.02 Å². The summed E-state index contributed by atoms with van der Waals surface area (Å²) in [4.78, 5) is 13.0. The van der Waals surface area contributed by atoms with Crippen LogP contribution in [-0.2, 0) is 14.8 Å². The van der Waals surface area contributed by atoms with Crippen molar-refractivity contribution in [2.24, 2.45) is 0 Å². The number of rotatable bonds is 7. The van der Waals surface area contributed by atoms with Gasteiger partial charge in [0.2, 0.25) is 5.91 Å². The number of hydrogen-bond donors (Lipinski definition) is 1. The number of sulfonamides is 1. The van der Waals surface area contributed by atoms with E-state index in [1.54, 1.807) is 62.4 Å². The Labute approximate surface area is 200 Å². The van der Waals surface area contributed by atoms with Gasteiger partial charge in [-0.15, -0.1) is 0 Å². The van der Waals surface area contributed by atoms with Gasteiger partial charge in [0.15, 0.2) is 0 Å². The van der Waals surface area contributed by atoms with Crippen molar-refractivity contribution in [1.29, 1.82) is 0 Å². The summed E-state index contributed by atoms with van der Waals surface area (Å²) in [5.41, 5.74) is 4.15. The molecule has 3 aromatic rings. The van der Waals surface area contributed by atoms with Gasteiger partial charge in [0.1, 0.15) is 17.2 Å². The summed E-state index contributed by atoms with van der Waals surface area (Å²) in [7, 11) is -2.72. The second kappa shape index (κ2) is 9.85. The Kier molecular flexibility index (Phi) is 7.34. The Morgan fingerprint density at radius 3 is 2.27 bits per heavy atom. The molecule has 174 valence electrons. The topological polar surface area (TPSA) is 75.7 Å². The molecular weight excluding hydrogens is 460 g/mol. The van der Waals surface area contributed by atoms with Crippen molar-refractivity contribution in [2.45, 2.75) is 32.6 Å². The molecule has 0 aliphatic heterocycles. The number of nitrogens with zero attached hydrogens (tertiary/aromatic N) is 1. The Morgan fingerprint density at radius 1 is 0.970 bits per heavy atom. The third-order valence-corrected chi connectivity index (χ3v) is 7.42. The van der Waals surface area contributed by atoms with Gasteiger partial charge in [-0.3, -0.25) is 9.10 Å². The highest BCUT2D eigenvalue weighted by Crippen LogP contribution is 2.32. The van der Waals surface area contributed by atoms with Gasteiger partial charge >= 0.3 is 0 Å². The summed E-state index contributed by atoms with van der Waals surface area (Å²) in [5, 5.41) is 3.29. The molecule has 3 aromatic carbocycles. The number of hydrogen-bond acceptors (Lipinski definition) is 4. The highest BCUT2D eigenvalue weighted by atomic mass is 35.5. The maximum absolute atomic E-state index is 13.8. The standard InChI is InChI=1S/C25H27ClN2O4S/c1-16-9-10-23(32-5)24(14-16)33(30,31)28(20-12-17(2)11-18(3)13-20)15-25(29)27-22-8-6-7-21(26)19(22)4/h6-14H,15H2,1-5H3,(H,27,29). The van der Waals surface area contributed by atoms with Crippen LogP contribution in [-0.4, -0.2) is 28.0 Å². The molecule has 0 spiro atoms. The highest BCUT2D eigenvalue weighted by Gasteiger charge is 2.30. The van der Waals surface area contributed by atoms with E-state index in [9.17, 15) is 13.2 Å². The van der Waals surface area contributed by atoms with Gasteiger partial charge in [0.05, 0.1) is 12.8 Å². The highest BCUT2D eigenvalue weighted by molar-refractivity contribution is 7.93. The van der Waals surface area contributed by atoms with Gasteiger partial charge in [-0.2, -0.15) is 0 Å². The van der Waals surface area contributed by atoms with E-state index >= 15 is 0 Å². The molecule has 6 nitrogen and oxygen atoms in total. The van der Waals surface area contributed by atoms with E-state index in [1.165, 1.54) is 7.11 Å². The van der Waals surface area contributed by atoms with Crippen molar-refractivity contribution in [2.75, 3.05) is 23.3 Å². The number of carbonyl (C=O) groups is 1. The van der Waals surface area contributed by atoms with Crippen LogP contribution in [0.4, 0.5) is 11.4 Å². The summed E-state index contributed by atoms with van der Waals surface area (Å²) in [6, 6.07) is 15.5. The van der Waals surface area contributed by atoms with Crippen LogP contribution < -0.4 is 14.4 Å². The molecule has 1 amide bonds. The lowest BCUT2D eigenvalue weighted by atomic mass is 10.1. The first kappa shape index (κ1) is 24.6. The number of nitrogens with one attached hydrogen (secondary N) is 1. The van der Waals surface area contributed by atoms with Crippen molar-refractivity contribution in [3.05, 3.63) is 81.9 Å². The van der Waals surface area contributed by atoms with E-state index in [0.29, 0.717) is 22.0 Å². The van der Waals surface area contributed by atoms with E-state index in [-0.39, 0.29) is 10.6 Å². The minimum absolute atomic E-state index is 0.00380. The number of aryl methyl sites for hydroxylation is 3. The largest absolute Gasteiger partial charge is 0.495 e. The third kappa shape index (κ3) is 5.49. The van der Waals surface area contributed by atoms with Crippen LogP contribution in [0.3, 0.4) is 0 Å². The Balaban J connectivity index is 2.08. The molecule has 0 atom stereocenters. The average Bonchev–Trinajstić information content (AvgIpc) is 2.74. The number of methoxy groups -OCH3 is 1. The van der Waals surface area contributed by atoms with Gasteiger partial charge in [-0.05, 0) is 86.3 Å². The van der Waals surface area contributed by atoms with Gasteiger partial charge in [0, 0.05) is 10.7 Å². The molecule has 33 heavy (non-hydrogen) atoms. The fourth-order valence-electron chi connectivity index (χ4n) is 3.58. The Hall–Kier alpha value is -3.03. The quantitative estimate of drug-likeness (QED) is 0.484. The molecule has 0 aliphatic carbocycles. The molecule has 0 aliphatic rings. The van der Waals surface area contributed by atoms with Gasteiger partial charge < -0.3 is 10.1 Å². The molecule has 3 rings (SSSR count). The van der Waals surface area contributed by atoms with E-state index in [2.05, 4.69) is 5.32 Å². The molecule has 1 N–H and O–H groups in total. The SMILES string of the molecule is COc1ccc(C)cc1S(=O)(=O)N(CC(=O)Nc1cccc(Cl)c1C)c1cc(C)cc(C)c1. The molecule has 0 radical (unpaired) electrons. The number of anilines is 2. The first-order valence-corrected chi connectivity index (χ1v) is 12.2. The molecule has 0 bridgehead atoms. The maximum atomic E-state index is 13.8. The Bertz CT molecular complexity index is 1290. The lowest BCUT2D eigenvalue weighted by Crippen LogP contribution is -2.38. The van der Waals surface area contributed by atoms with Crippen LogP contribution in [0.15, 0.2) is 59.5 Å². The second-order valence-electron chi connectivity index (χ2n) is 7.97. The first-order chi connectivity index (χ1) is 15.5. The van der Waals surface area contributed by atoms with Crippen molar-refractivity contribution >= 4 is 38.9 Å². The van der Waals surface area contributed by atoms with Crippen LogP contribution in [0.5, 0.6) is 5.75 Å². The number of benzene rings is 3. The molecule has 0 aromatic heterocycles. The van der Waals surface area contributed by atoms with Crippen LogP contribution in [0.1, 0.15) is 22.3 Å². The predicted octanol–water partition coefficient (Wildman–Crippen LogP) is 5.42. The van der Waals surface area contributed by atoms with E-state index in [1.807, 2.05) is 19.9 Å². The zero-order valence-corrected chi connectivity index (χ0v) is 20.8. The smallest absolute Gasteiger partial charge is 0.268 e. The monoisotopic (exact) mass is 486 g/mol. The van der Waals surface area contributed by atoms with Crippen molar-refractivity contribution in [1.82, 2.24) is 0 Å². The molecule has 8 heteroatoms. The zero-order chi connectivity index (χ0) is 24.3. The molecule has 0 saturated heterocycles. The summed E-state index contributed by atoms with van der Waals surface area (Å²) in [6.45, 7) is 6.92. The van der Waals surface area contributed by atoms with Gasteiger partial charge in [0.25, 0.3) is 10.0 Å². The second-order valence-corrected chi connectivity index (χ2v) is 10.2. The number of halogens is 1. The van der Waals surface area contributed by atoms with Crippen molar-refractivity contribution in [3.63, 3.8) is 0 Å². The van der Waals surface area contributed by atoms with E-state index < -0.39 is 22.5 Å². The number of amides is 1. The van der Waals surface area contributed by atoms with Gasteiger partial charge in [-0.1, -0.05) is 29.8 Å². The molecule has 0 saturated carbocycles. The first-order valence-electron chi connectivity index (χ1n) is 10.3. The molecular formula is C25H27ClN2O4S. The normalized spacial score (nSPS) is 11.2. The van der Waals surface area contributed by atoms with E-state index in [4.69, 9.17) is 16.3 Å². The fourth-order valence-corrected chi connectivity index (χ4v) is 5.40. The Morgan fingerprint density at radius 2 is 1.64 bits per heavy atom. The third-order valence-electron chi connectivity index (χ3n) is 5.21. The summed E-state index contributed by atoms with van der Waals surface area (Å²) in [6.07, 6.45) is 0. The van der Waals surface area contributed by atoms with Crippen molar-refractivity contribution in [3.8, 4) is 5.75 Å². The molecule has 0 fully saturated rings. The average molecular weight is 487 g/mol.